The molecule has 3 aromatic rings. The lowest BCUT2D eigenvalue weighted by atomic mass is 9.97. The molecule has 0 amide bonds. The Balaban J connectivity index is 2.39. The maximum Gasteiger partial charge on any atom is 0.133 e. The van der Waals surface area contributed by atoms with Crippen LogP contribution in [0.15, 0.2) is 60.7 Å². The second-order valence-electron chi connectivity index (χ2n) is 4.12. The van der Waals surface area contributed by atoms with E-state index in [4.69, 9.17) is 0 Å². The Hall–Kier alpha value is -2.22. The SMILES string of the molecule is Fc1cccc(F)c1-c1cccc2ccccc12. The normalized spacial score (nSPS) is 10.8. The second kappa shape index (κ2) is 4.22. The van der Waals surface area contributed by atoms with E-state index in [2.05, 4.69) is 0 Å². The topological polar surface area (TPSA) is 0 Å². The van der Waals surface area contributed by atoms with Crippen molar-refractivity contribution in [2.24, 2.45) is 0 Å². The van der Waals surface area contributed by atoms with Crippen molar-refractivity contribution in [2.45, 2.75) is 0 Å². The molecule has 0 aliphatic heterocycles. The molecule has 3 rings (SSSR count). The lowest BCUT2D eigenvalue weighted by Gasteiger charge is -2.08. The highest BCUT2D eigenvalue weighted by Gasteiger charge is 2.12. The summed E-state index contributed by atoms with van der Waals surface area (Å²) in [4.78, 5) is 0. The van der Waals surface area contributed by atoms with Crippen LogP contribution in [-0.4, -0.2) is 0 Å². The van der Waals surface area contributed by atoms with E-state index < -0.39 is 11.6 Å². The average molecular weight is 240 g/mol. The molecule has 0 saturated carbocycles. The molecule has 0 aliphatic carbocycles. The molecular weight excluding hydrogens is 230 g/mol. The van der Waals surface area contributed by atoms with Gasteiger partial charge < -0.3 is 0 Å². The molecule has 0 bridgehead atoms. The first-order valence-electron chi connectivity index (χ1n) is 5.69. The van der Waals surface area contributed by atoms with Crippen LogP contribution in [0.25, 0.3) is 21.9 Å². The Kier molecular flexibility index (Phi) is 2.56. The molecule has 0 unspecified atom stereocenters. The molecule has 0 fully saturated rings. The van der Waals surface area contributed by atoms with Crippen molar-refractivity contribution in [2.75, 3.05) is 0 Å². The molecular formula is C16H10F2. The molecule has 3 aromatic carbocycles. The van der Waals surface area contributed by atoms with E-state index in [1.54, 1.807) is 6.07 Å². The Morgan fingerprint density at radius 2 is 1.22 bits per heavy atom. The van der Waals surface area contributed by atoms with Crippen LogP contribution in [0.1, 0.15) is 0 Å². The largest absolute Gasteiger partial charge is 0.206 e. The van der Waals surface area contributed by atoms with Crippen LogP contribution in [-0.2, 0) is 0 Å². The lowest BCUT2D eigenvalue weighted by Crippen LogP contribution is -1.90. The fourth-order valence-corrected chi connectivity index (χ4v) is 2.20. The first-order chi connectivity index (χ1) is 8.77. The van der Waals surface area contributed by atoms with E-state index in [-0.39, 0.29) is 5.56 Å². The van der Waals surface area contributed by atoms with Gasteiger partial charge in [-0.2, -0.15) is 0 Å². The van der Waals surface area contributed by atoms with E-state index in [0.717, 1.165) is 10.8 Å². The third-order valence-electron chi connectivity index (χ3n) is 3.02. The molecule has 0 saturated heterocycles. The summed E-state index contributed by atoms with van der Waals surface area (Å²) in [5.74, 6) is -1.07. The summed E-state index contributed by atoms with van der Waals surface area (Å²) in [6.07, 6.45) is 0. The van der Waals surface area contributed by atoms with E-state index in [1.807, 2.05) is 36.4 Å². The van der Waals surface area contributed by atoms with Crippen LogP contribution in [0.2, 0.25) is 0 Å². The Labute approximate surface area is 104 Å². The minimum atomic E-state index is -0.536. The third-order valence-corrected chi connectivity index (χ3v) is 3.02. The molecule has 88 valence electrons. The van der Waals surface area contributed by atoms with Gasteiger partial charge in [0.2, 0.25) is 0 Å². The van der Waals surface area contributed by atoms with Crippen molar-refractivity contribution in [3.05, 3.63) is 72.3 Å². The van der Waals surface area contributed by atoms with Gasteiger partial charge in [-0.3, -0.25) is 0 Å². The number of hydrogen-bond acceptors (Lipinski definition) is 0. The zero-order valence-electron chi connectivity index (χ0n) is 9.53. The maximum absolute atomic E-state index is 13.8. The molecule has 0 heterocycles. The van der Waals surface area contributed by atoms with E-state index in [0.29, 0.717) is 5.56 Å². The Morgan fingerprint density at radius 1 is 0.611 bits per heavy atom. The van der Waals surface area contributed by atoms with Crippen LogP contribution in [0, 0.1) is 11.6 Å². The minimum absolute atomic E-state index is 0.0364. The van der Waals surface area contributed by atoms with Gasteiger partial charge in [0.25, 0.3) is 0 Å². The van der Waals surface area contributed by atoms with Crippen molar-refractivity contribution in [3.8, 4) is 11.1 Å². The van der Waals surface area contributed by atoms with Crippen LogP contribution in [0.4, 0.5) is 8.78 Å². The number of halogens is 2. The van der Waals surface area contributed by atoms with Crippen molar-refractivity contribution in [1.82, 2.24) is 0 Å². The van der Waals surface area contributed by atoms with E-state index >= 15 is 0 Å². The summed E-state index contributed by atoms with van der Waals surface area (Å²) >= 11 is 0. The molecule has 2 heteroatoms. The van der Waals surface area contributed by atoms with Gasteiger partial charge in [-0.05, 0) is 28.5 Å². The van der Waals surface area contributed by atoms with Crippen LogP contribution in [0.3, 0.4) is 0 Å². The number of rotatable bonds is 1. The summed E-state index contributed by atoms with van der Waals surface area (Å²) in [5.41, 5.74) is 0.623. The summed E-state index contributed by atoms with van der Waals surface area (Å²) in [6, 6.07) is 17.0. The average Bonchev–Trinajstić information content (AvgIpc) is 2.39. The number of hydrogen-bond donors (Lipinski definition) is 0. The van der Waals surface area contributed by atoms with Gasteiger partial charge in [0, 0.05) is 0 Å². The molecule has 0 aromatic heterocycles. The van der Waals surface area contributed by atoms with Crippen LogP contribution < -0.4 is 0 Å². The highest BCUT2D eigenvalue weighted by atomic mass is 19.1. The summed E-state index contributed by atoms with van der Waals surface area (Å²) < 4.78 is 27.6. The lowest BCUT2D eigenvalue weighted by molar-refractivity contribution is 0.590. The number of benzene rings is 3. The quantitative estimate of drug-likeness (QED) is 0.574. The van der Waals surface area contributed by atoms with Gasteiger partial charge in [-0.1, -0.05) is 48.5 Å². The van der Waals surface area contributed by atoms with E-state index in [1.165, 1.54) is 18.2 Å². The van der Waals surface area contributed by atoms with Crippen molar-refractivity contribution < 1.29 is 8.78 Å². The van der Waals surface area contributed by atoms with Crippen molar-refractivity contribution in [3.63, 3.8) is 0 Å². The molecule has 0 radical (unpaired) electrons. The minimum Gasteiger partial charge on any atom is -0.206 e. The predicted molar refractivity (Wildman–Crippen MR) is 69.3 cm³/mol. The molecule has 0 nitrogen and oxygen atoms in total. The zero-order chi connectivity index (χ0) is 12.5. The molecule has 18 heavy (non-hydrogen) atoms. The summed E-state index contributed by atoms with van der Waals surface area (Å²) in [5, 5.41) is 1.82. The molecule has 0 N–H and O–H groups in total. The van der Waals surface area contributed by atoms with Gasteiger partial charge in [-0.25, -0.2) is 8.78 Å². The summed E-state index contributed by atoms with van der Waals surface area (Å²) in [7, 11) is 0. The highest BCUT2D eigenvalue weighted by Crippen LogP contribution is 2.32. The zero-order valence-corrected chi connectivity index (χ0v) is 9.53. The second-order valence-corrected chi connectivity index (χ2v) is 4.12. The van der Waals surface area contributed by atoms with Crippen LogP contribution in [0.5, 0.6) is 0 Å². The summed E-state index contributed by atoms with van der Waals surface area (Å²) in [6.45, 7) is 0. The standard InChI is InChI=1S/C16H10F2/c17-14-9-4-10-15(18)16(14)13-8-3-6-11-5-1-2-7-12(11)13/h1-10H. The fraction of sp³-hybridized carbons (Fsp3) is 0. The smallest absolute Gasteiger partial charge is 0.133 e. The highest BCUT2D eigenvalue weighted by molar-refractivity contribution is 5.96. The molecule has 0 spiro atoms. The molecule has 0 aliphatic rings. The van der Waals surface area contributed by atoms with E-state index in [9.17, 15) is 8.78 Å². The van der Waals surface area contributed by atoms with Gasteiger partial charge in [-0.15, -0.1) is 0 Å². The van der Waals surface area contributed by atoms with Gasteiger partial charge >= 0.3 is 0 Å². The van der Waals surface area contributed by atoms with Gasteiger partial charge in [0.15, 0.2) is 0 Å². The fourth-order valence-electron chi connectivity index (χ4n) is 2.20. The Bertz CT molecular complexity index is 692. The maximum atomic E-state index is 13.8. The first kappa shape index (κ1) is 10.9. The monoisotopic (exact) mass is 240 g/mol. The van der Waals surface area contributed by atoms with Crippen LogP contribution >= 0.6 is 0 Å². The van der Waals surface area contributed by atoms with Gasteiger partial charge in [0.05, 0.1) is 5.56 Å². The van der Waals surface area contributed by atoms with Crippen molar-refractivity contribution in [1.29, 1.82) is 0 Å². The first-order valence-corrected chi connectivity index (χ1v) is 5.69. The van der Waals surface area contributed by atoms with Gasteiger partial charge in [0.1, 0.15) is 11.6 Å². The number of fused-ring (bicyclic) bond motifs is 1. The predicted octanol–water partition coefficient (Wildman–Crippen LogP) is 4.79. The molecule has 0 atom stereocenters. The Morgan fingerprint density at radius 3 is 2.00 bits per heavy atom. The van der Waals surface area contributed by atoms with Crippen molar-refractivity contribution >= 4 is 10.8 Å². The third kappa shape index (κ3) is 1.66.